The zero-order chi connectivity index (χ0) is 17.1. The van der Waals surface area contributed by atoms with Gasteiger partial charge in [-0.05, 0) is 19.1 Å². The summed E-state index contributed by atoms with van der Waals surface area (Å²) in [6, 6.07) is 4.13. The van der Waals surface area contributed by atoms with Gasteiger partial charge in [0.15, 0.2) is 11.5 Å². The van der Waals surface area contributed by atoms with Gasteiger partial charge in [-0.3, -0.25) is 9.69 Å². The second-order valence-corrected chi connectivity index (χ2v) is 6.31. The SMILES string of the molecule is COc1cccc(C=C2SC(=S)N([C@@H](C)C(=O)[O-])C2=O)c1OC. The van der Waals surface area contributed by atoms with Gasteiger partial charge in [0.25, 0.3) is 5.91 Å². The highest BCUT2D eigenvalue weighted by Gasteiger charge is 2.36. The molecule has 0 bridgehead atoms. The smallest absolute Gasteiger partial charge is 0.266 e. The fraction of sp³-hybridized carbons (Fsp3) is 0.267. The van der Waals surface area contributed by atoms with Crippen LogP contribution in [0.5, 0.6) is 11.5 Å². The average Bonchev–Trinajstić information content (AvgIpc) is 2.80. The summed E-state index contributed by atoms with van der Waals surface area (Å²) in [6.45, 7) is 1.36. The first kappa shape index (κ1) is 17.3. The van der Waals surface area contributed by atoms with Crippen molar-refractivity contribution in [1.82, 2.24) is 4.90 Å². The van der Waals surface area contributed by atoms with Gasteiger partial charge in [0.1, 0.15) is 4.32 Å². The Balaban J connectivity index is 2.40. The molecule has 1 aliphatic rings. The normalized spacial score (nSPS) is 17.5. The van der Waals surface area contributed by atoms with Gasteiger partial charge in [-0.1, -0.05) is 36.1 Å². The molecule has 0 N–H and O–H groups in total. The van der Waals surface area contributed by atoms with Crippen molar-refractivity contribution < 1.29 is 24.2 Å². The Hall–Kier alpha value is -2.06. The van der Waals surface area contributed by atoms with E-state index in [9.17, 15) is 14.7 Å². The number of ether oxygens (including phenoxy) is 2. The van der Waals surface area contributed by atoms with Gasteiger partial charge in [-0.2, -0.15) is 0 Å². The maximum Gasteiger partial charge on any atom is 0.266 e. The molecule has 2 rings (SSSR count). The lowest BCUT2D eigenvalue weighted by molar-refractivity contribution is -0.309. The van der Waals surface area contributed by atoms with Crippen LogP contribution in [0, 0.1) is 0 Å². The van der Waals surface area contributed by atoms with Crippen LogP contribution in [0.2, 0.25) is 0 Å². The topological polar surface area (TPSA) is 78.9 Å². The largest absolute Gasteiger partial charge is 0.548 e. The Bertz CT molecular complexity index is 701. The van der Waals surface area contributed by atoms with Crippen molar-refractivity contribution in [2.45, 2.75) is 13.0 Å². The van der Waals surface area contributed by atoms with Crippen LogP contribution in [0.15, 0.2) is 23.1 Å². The van der Waals surface area contributed by atoms with Gasteiger partial charge >= 0.3 is 0 Å². The number of nitrogens with zero attached hydrogens (tertiary/aromatic N) is 1. The highest BCUT2D eigenvalue weighted by molar-refractivity contribution is 8.26. The van der Waals surface area contributed by atoms with Gasteiger partial charge in [0.05, 0.1) is 31.1 Å². The number of benzene rings is 1. The van der Waals surface area contributed by atoms with Crippen molar-refractivity contribution in [3.8, 4) is 11.5 Å². The van der Waals surface area contributed by atoms with E-state index in [0.29, 0.717) is 22.0 Å². The van der Waals surface area contributed by atoms with Crippen LogP contribution >= 0.6 is 24.0 Å². The molecule has 0 radical (unpaired) electrons. The fourth-order valence-corrected chi connectivity index (χ4v) is 3.50. The van der Waals surface area contributed by atoms with Crippen molar-refractivity contribution in [3.05, 3.63) is 28.7 Å². The van der Waals surface area contributed by atoms with E-state index in [4.69, 9.17) is 21.7 Å². The molecule has 1 aromatic rings. The molecule has 1 atom stereocenters. The van der Waals surface area contributed by atoms with Gasteiger partial charge in [0.2, 0.25) is 0 Å². The first-order chi connectivity index (χ1) is 10.9. The number of rotatable bonds is 5. The van der Waals surface area contributed by atoms with Crippen molar-refractivity contribution in [1.29, 1.82) is 0 Å². The molecule has 8 heteroatoms. The van der Waals surface area contributed by atoms with Crippen LogP contribution in [0.3, 0.4) is 0 Å². The minimum atomic E-state index is -1.36. The Labute approximate surface area is 143 Å². The molecule has 1 aromatic carbocycles. The number of aliphatic carboxylic acids is 1. The van der Waals surface area contributed by atoms with E-state index in [1.165, 1.54) is 21.1 Å². The van der Waals surface area contributed by atoms with Gasteiger partial charge < -0.3 is 19.4 Å². The summed E-state index contributed by atoms with van der Waals surface area (Å²) in [7, 11) is 3.02. The van der Waals surface area contributed by atoms with Crippen LogP contribution in [-0.2, 0) is 9.59 Å². The van der Waals surface area contributed by atoms with Crippen LogP contribution in [0.25, 0.3) is 6.08 Å². The molecule has 1 heterocycles. The minimum Gasteiger partial charge on any atom is -0.548 e. The number of para-hydroxylation sites is 1. The average molecular weight is 352 g/mol. The highest BCUT2D eigenvalue weighted by Crippen LogP contribution is 2.37. The van der Waals surface area contributed by atoms with Gasteiger partial charge in [-0.15, -0.1) is 0 Å². The molecule has 23 heavy (non-hydrogen) atoms. The number of hydrogen-bond donors (Lipinski definition) is 0. The first-order valence-electron chi connectivity index (χ1n) is 6.59. The van der Waals surface area contributed by atoms with Crippen LogP contribution in [0.4, 0.5) is 0 Å². The van der Waals surface area contributed by atoms with E-state index in [0.717, 1.165) is 16.7 Å². The summed E-state index contributed by atoms with van der Waals surface area (Å²) in [5.74, 6) is -0.823. The third kappa shape index (κ3) is 3.32. The molecule has 0 spiro atoms. The molecule has 0 unspecified atom stereocenters. The van der Waals surface area contributed by atoms with Crippen molar-refractivity contribution >= 4 is 46.3 Å². The third-order valence-electron chi connectivity index (χ3n) is 3.27. The zero-order valence-electron chi connectivity index (χ0n) is 12.7. The predicted octanol–water partition coefficient (Wildman–Crippen LogP) is 1.04. The lowest BCUT2D eigenvalue weighted by atomic mass is 10.1. The predicted molar refractivity (Wildman–Crippen MR) is 89.0 cm³/mol. The quantitative estimate of drug-likeness (QED) is 0.579. The van der Waals surface area contributed by atoms with Crippen LogP contribution in [0.1, 0.15) is 12.5 Å². The Morgan fingerprint density at radius 1 is 1.39 bits per heavy atom. The van der Waals surface area contributed by atoms with E-state index in [1.54, 1.807) is 24.3 Å². The van der Waals surface area contributed by atoms with Gasteiger partial charge in [0, 0.05) is 5.56 Å². The van der Waals surface area contributed by atoms with E-state index < -0.39 is 17.9 Å². The molecule has 0 aromatic heterocycles. The summed E-state index contributed by atoms with van der Waals surface area (Å²) in [6.07, 6.45) is 1.60. The Morgan fingerprint density at radius 2 is 2.09 bits per heavy atom. The molecule has 122 valence electrons. The first-order valence-corrected chi connectivity index (χ1v) is 7.82. The number of carbonyl (C=O) groups is 2. The summed E-state index contributed by atoms with van der Waals surface area (Å²) in [4.78, 5) is 24.8. The van der Waals surface area contributed by atoms with E-state index >= 15 is 0 Å². The molecule has 1 amide bonds. The Morgan fingerprint density at radius 3 is 2.65 bits per heavy atom. The molecule has 6 nitrogen and oxygen atoms in total. The van der Waals surface area contributed by atoms with E-state index in [1.807, 2.05) is 0 Å². The molecule has 0 saturated carbocycles. The molecule has 1 aliphatic heterocycles. The second kappa shape index (κ2) is 7.01. The van der Waals surface area contributed by atoms with Crippen molar-refractivity contribution in [2.75, 3.05) is 14.2 Å². The molecule has 1 fully saturated rings. The number of thiocarbonyl (C=S) groups is 1. The third-order valence-corrected chi connectivity index (χ3v) is 4.60. The van der Waals surface area contributed by atoms with Crippen molar-refractivity contribution in [3.63, 3.8) is 0 Å². The molecular formula is C15H14NO5S2-. The number of thioether (sulfide) groups is 1. The fourth-order valence-electron chi connectivity index (χ4n) is 2.09. The Kier molecular flexibility index (Phi) is 5.27. The minimum absolute atomic E-state index is 0.180. The molecular weight excluding hydrogens is 338 g/mol. The lowest BCUT2D eigenvalue weighted by Crippen LogP contribution is -2.48. The zero-order valence-corrected chi connectivity index (χ0v) is 14.3. The summed E-state index contributed by atoms with van der Waals surface area (Å²) in [5.41, 5.74) is 0.633. The molecule has 0 aliphatic carbocycles. The van der Waals surface area contributed by atoms with Gasteiger partial charge in [-0.25, -0.2) is 0 Å². The summed E-state index contributed by atoms with van der Waals surface area (Å²) in [5, 5.41) is 11.0. The van der Waals surface area contributed by atoms with E-state index in [2.05, 4.69) is 0 Å². The second-order valence-electron chi connectivity index (χ2n) is 4.63. The lowest BCUT2D eigenvalue weighted by Gasteiger charge is -2.23. The standard InChI is InChI=1S/C15H15NO5S2/c1-8(14(18)19)16-13(17)11(23-15(16)22)7-9-5-4-6-10(20-2)12(9)21-3/h4-8H,1-3H3,(H,18,19)/p-1/t8-/m0/s1. The molecule has 1 saturated heterocycles. The van der Waals surface area contributed by atoms with E-state index in [-0.39, 0.29) is 4.32 Å². The number of hydrogen-bond acceptors (Lipinski definition) is 7. The van der Waals surface area contributed by atoms with Crippen LogP contribution < -0.4 is 14.6 Å². The monoisotopic (exact) mass is 352 g/mol. The maximum absolute atomic E-state index is 12.4. The van der Waals surface area contributed by atoms with Crippen molar-refractivity contribution in [2.24, 2.45) is 0 Å². The number of methoxy groups -OCH3 is 2. The number of carbonyl (C=O) groups excluding carboxylic acids is 2. The summed E-state index contributed by atoms with van der Waals surface area (Å²) >= 11 is 6.13. The number of carboxylic acids is 1. The highest BCUT2D eigenvalue weighted by atomic mass is 32.2. The number of carboxylic acid groups (broad SMARTS) is 1. The maximum atomic E-state index is 12.4. The van der Waals surface area contributed by atoms with Crippen LogP contribution in [-0.4, -0.2) is 41.4 Å². The number of amides is 1. The summed E-state index contributed by atoms with van der Waals surface area (Å²) < 4.78 is 10.7.